The molecular weight excluding hydrogens is 574 g/mol. The van der Waals surface area contributed by atoms with Gasteiger partial charge in [0.1, 0.15) is 29.5 Å². The van der Waals surface area contributed by atoms with Gasteiger partial charge in [0.15, 0.2) is 5.82 Å². The molecule has 0 atom stereocenters. The highest BCUT2D eigenvalue weighted by Crippen LogP contribution is 2.51. The Labute approximate surface area is 254 Å². The summed E-state index contributed by atoms with van der Waals surface area (Å²) in [4.78, 5) is 14.0. The lowest BCUT2D eigenvalue weighted by Crippen LogP contribution is -2.52. The van der Waals surface area contributed by atoms with Crippen molar-refractivity contribution in [2.75, 3.05) is 37.7 Å². The Kier molecular flexibility index (Phi) is 6.55. The number of nitrogens with zero attached hydrogens (tertiary/aromatic N) is 4. The quantitative estimate of drug-likeness (QED) is 0.327. The second-order valence-electron chi connectivity index (χ2n) is 13.7. The van der Waals surface area contributed by atoms with Gasteiger partial charge in [0.05, 0.1) is 17.2 Å². The molecule has 0 radical (unpaired) electrons. The zero-order chi connectivity index (χ0) is 29.5. The highest BCUT2D eigenvalue weighted by molar-refractivity contribution is 6.32. The number of ether oxygens (including phenoxy) is 1. The van der Waals surface area contributed by atoms with Gasteiger partial charge in [0.2, 0.25) is 0 Å². The summed E-state index contributed by atoms with van der Waals surface area (Å²) in [6.45, 7) is 3.90. The Balaban J connectivity index is 1.26. The first-order chi connectivity index (χ1) is 20.7. The second-order valence-corrected chi connectivity index (χ2v) is 14.1. The molecular formula is C33H37ClF2N4O3. The number of hydrogen-bond donors (Lipinski definition) is 2. The molecule has 43 heavy (non-hydrogen) atoms. The number of aliphatic hydroxyl groups excluding tert-OH is 1. The predicted molar refractivity (Wildman–Crippen MR) is 161 cm³/mol. The SMILES string of the molecule is Oc1cc(Cl)c(C2CC2)c(-c2c(F)cc3c(N4CCCC5(CC(O)C5)C4)nc(OCC45CCCN4CCC5)nc3c2F)c1. The lowest BCUT2D eigenvalue weighted by molar-refractivity contribution is -0.0396. The van der Waals surface area contributed by atoms with Crippen molar-refractivity contribution in [1.82, 2.24) is 14.9 Å². The first-order valence-electron chi connectivity index (χ1n) is 15.8. The molecule has 4 heterocycles. The minimum atomic E-state index is -0.806. The number of aliphatic hydroxyl groups is 1. The van der Waals surface area contributed by atoms with Gasteiger partial charge in [-0.3, -0.25) is 4.90 Å². The van der Waals surface area contributed by atoms with Crippen LogP contribution in [0.1, 0.15) is 75.7 Å². The van der Waals surface area contributed by atoms with E-state index in [9.17, 15) is 10.2 Å². The Morgan fingerprint density at radius 1 is 1.00 bits per heavy atom. The van der Waals surface area contributed by atoms with E-state index in [0.29, 0.717) is 41.5 Å². The van der Waals surface area contributed by atoms with Crippen molar-refractivity contribution in [2.45, 2.75) is 81.8 Å². The largest absolute Gasteiger partial charge is 0.508 e. The molecule has 3 saturated heterocycles. The zero-order valence-electron chi connectivity index (χ0n) is 24.2. The third-order valence-corrected chi connectivity index (χ3v) is 11.1. The number of halogens is 3. The van der Waals surface area contributed by atoms with Crippen molar-refractivity contribution in [3.8, 4) is 22.9 Å². The molecule has 1 spiro atoms. The van der Waals surface area contributed by atoms with Crippen molar-refractivity contribution < 1.29 is 23.7 Å². The monoisotopic (exact) mass is 610 g/mol. The van der Waals surface area contributed by atoms with E-state index in [4.69, 9.17) is 21.3 Å². The summed E-state index contributed by atoms with van der Waals surface area (Å²) in [5, 5.41) is 21.1. The van der Waals surface area contributed by atoms with Crippen LogP contribution in [0.5, 0.6) is 11.8 Å². The molecule has 0 bridgehead atoms. The van der Waals surface area contributed by atoms with Crippen LogP contribution in [-0.2, 0) is 0 Å². The first kappa shape index (κ1) is 27.8. The van der Waals surface area contributed by atoms with Crippen LogP contribution in [0.4, 0.5) is 14.6 Å². The summed E-state index contributed by atoms with van der Waals surface area (Å²) in [6, 6.07) is 4.25. The number of aromatic hydroxyl groups is 1. The van der Waals surface area contributed by atoms with Crippen LogP contribution in [0.2, 0.25) is 5.02 Å². The van der Waals surface area contributed by atoms with Crippen LogP contribution in [0.25, 0.3) is 22.0 Å². The molecule has 2 N–H and O–H groups in total. The van der Waals surface area contributed by atoms with E-state index in [1.807, 2.05) is 0 Å². The number of hydrogen-bond acceptors (Lipinski definition) is 7. The highest BCUT2D eigenvalue weighted by Gasteiger charge is 2.47. The van der Waals surface area contributed by atoms with Crippen molar-refractivity contribution in [2.24, 2.45) is 5.41 Å². The van der Waals surface area contributed by atoms with Crippen LogP contribution in [0.15, 0.2) is 18.2 Å². The minimum absolute atomic E-state index is 0.00178. The minimum Gasteiger partial charge on any atom is -0.508 e. The van der Waals surface area contributed by atoms with E-state index in [1.165, 1.54) is 18.2 Å². The van der Waals surface area contributed by atoms with Gasteiger partial charge >= 0.3 is 6.01 Å². The summed E-state index contributed by atoms with van der Waals surface area (Å²) in [7, 11) is 0. The highest BCUT2D eigenvalue weighted by atomic mass is 35.5. The molecule has 5 aliphatic rings. The summed E-state index contributed by atoms with van der Waals surface area (Å²) in [5.41, 5.74) is 0.621. The average Bonchev–Trinajstić information content (AvgIpc) is 3.58. The molecule has 228 valence electrons. The summed E-state index contributed by atoms with van der Waals surface area (Å²) >= 11 is 6.52. The summed E-state index contributed by atoms with van der Waals surface area (Å²) in [6.07, 6.45) is 9.19. The van der Waals surface area contributed by atoms with Crippen molar-refractivity contribution in [3.63, 3.8) is 0 Å². The molecule has 8 rings (SSSR count). The van der Waals surface area contributed by atoms with Crippen LogP contribution in [0.3, 0.4) is 0 Å². The fourth-order valence-corrected chi connectivity index (χ4v) is 9.00. The second kappa shape index (κ2) is 10.1. The van der Waals surface area contributed by atoms with Gasteiger partial charge in [0.25, 0.3) is 0 Å². The van der Waals surface area contributed by atoms with Crippen LogP contribution in [0, 0.1) is 17.0 Å². The van der Waals surface area contributed by atoms with E-state index in [0.717, 1.165) is 77.3 Å². The van der Waals surface area contributed by atoms with Crippen molar-refractivity contribution >= 4 is 28.3 Å². The number of phenolic OH excluding ortho intramolecular Hbond substituents is 1. The molecule has 10 heteroatoms. The van der Waals surface area contributed by atoms with Gasteiger partial charge in [-0.05, 0) is 118 Å². The standard InChI is InChI=1S/C33H37ClF2N4O3/c34-24-13-20(41)12-22(26(24)19-4-5-19)27-25(35)14-23-29(28(27)36)37-31(43-18-33-7-2-10-40(33)11-3-8-33)38-30(23)39-9-1-6-32(17-39)15-21(42)16-32/h12-14,19,21,41-42H,1-11,15-18H2. The normalized spacial score (nSPS) is 26.7. The van der Waals surface area contributed by atoms with E-state index in [-0.39, 0.29) is 51.4 Å². The lowest BCUT2D eigenvalue weighted by atomic mass is 9.62. The third-order valence-electron chi connectivity index (χ3n) is 10.8. The van der Waals surface area contributed by atoms with Gasteiger partial charge in [0, 0.05) is 23.5 Å². The number of rotatable bonds is 6. The van der Waals surface area contributed by atoms with Gasteiger partial charge < -0.3 is 19.8 Å². The van der Waals surface area contributed by atoms with Gasteiger partial charge in [-0.2, -0.15) is 9.97 Å². The van der Waals surface area contributed by atoms with Gasteiger partial charge in [-0.25, -0.2) is 8.78 Å². The number of piperidine rings is 1. The third kappa shape index (κ3) is 4.65. The Morgan fingerprint density at radius 2 is 1.74 bits per heavy atom. The summed E-state index contributed by atoms with van der Waals surface area (Å²) in [5.74, 6) is -1.13. The van der Waals surface area contributed by atoms with Crippen molar-refractivity contribution in [1.29, 1.82) is 0 Å². The van der Waals surface area contributed by atoms with E-state index >= 15 is 8.78 Å². The molecule has 5 fully saturated rings. The van der Waals surface area contributed by atoms with E-state index in [2.05, 4.69) is 14.8 Å². The molecule has 0 amide bonds. The molecule has 2 aliphatic carbocycles. The molecule has 2 aromatic carbocycles. The Bertz CT molecular complexity index is 1590. The molecule has 1 aromatic heterocycles. The maximum absolute atomic E-state index is 16.7. The molecule has 3 aromatic rings. The number of benzene rings is 2. The zero-order valence-corrected chi connectivity index (χ0v) is 25.0. The lowest BCUT2D eigenvalue weighted by Gasteiger charge is -2.51. The fourth-order valence-electron chi connectivity index (χ4n) is 8.63. The molecule has 2 saturated carbocycles. The number of anilines is 1. The topological polar surface area (TPSA) is 82.0 Å². The van der Waals surface area contributed by atoms with Crippen LogP contribution in [-0.4, -0.2) is 69.5 Å². The van der Waals surface area contributed by atoms with Crippen LogP contribution >= 0.6 is 11.6 Å². The Hall–Kier alpha value is -2.75. The van der Waals surface area contributed by atoms with E-state index in [1.54, 1.807) is 0 Å². The Morgan fingerprint density at radius 3 is 2.47 bits per heavy atom. The summed E-state index contributed by atoms with van der Waals surface area (Å²) < 4.78 is 39.2. The molecule has 3 aliphatic heterocycles. The van der Waals surface area contributed by atoms with Gasteiger partial charge in [-0.1, -0.05) is 11.6 Å². The number of phenols is 1. The predicted octanol–water partition coefficient (Wildman–Crippen LogP) is 6.56. The fraction of sp³-hybridized carbons (Fsp3) is 0.576. The van der Waals surface area contributed by atoms with Gasteiger partial charge in [-0.15, -0.1) is 0 Å². The van der Waals surface area contributed by atoms with Crippen LogP contribution < -0.4 is 9.64 Å². The average molecular weight is 611 g/mol. The van der Waals surface area contributed by atoms with Crippen molar-refractivity contribution in [3.05, 3.63) is 40.4 Å². The number of aromatic nitrogens is 2. The smallest absolute Gasteiger partial charge is 0.319 e. The maximum Gasteiger partial charge on any atom is 0.319 e. The maximum atomic E-state index is 16.7. The molecule has 0 unspecified atom stereocenters. The van der Waals surface area contributed by atoms with E-state index < -0.39 is 11.6 Å². The first-order valence-corrected chi connectivity index (χ1v) is 16.2. The number of fused-ring (bicyclic) bond motifs is 2. The molecule has 7 nitrogen and oxygen atoms in total.